The Morgan fingerprint density at radius 2 is 1.95 bits per heavy atom. The van der Waals surface area contributed by atoms with Crippen LogP contribution in [-0.4, -0.2) is 38.6 Å². The van der Waals surface area contributed by atoms with Crippen molar-refractivity contribution in [2.24, 2.45) is 0 Å². The number of para-hydroxylation sites is 1. The maximum atomic E-state index is 12.3. The molecule has 1 aromatic rings. The Balaban J connectivity index is 3.23. The van der Waals surface area contributed by atoms with Crippen molar-refractivity contribution < 1.29 is 18.3 Å². The molecule has 0 unspecified atom stereocenters. The van der Waals surface area contributed by atoms with Crippen LogP contribution in [0.2, 0.25) is 0 Å². The molecule has 0 saturated carbocycles. The van der Waals surface area contributed by atoms with Crippen LogP contribution in [0.1, 0.15) is 27.2 Å². The molecule has 0 aliphatic heterocycles. The lowest BCUT2D eigenvalue weighted by Crippen LogP contribution is -2.35. The molecule has 6 nitrogen and oxygen atoms in total. The van der Waals surface area contributed by atoms with Crippen molar-refractivity contribution in [1.82, 2.24) is 4.72 Å². The number of rotatable bonds is 8. The molecule has 0 heterocycles. The molecule has 0 saturated heterocycles. The molecule has 0 spiro atoms. The predicted molar refractivity (Wildman–Crippen MR) is 82.0 cm³/mol. The van der Waals surface area contributed by atoms with Gasteiger partial charge in [-0.2, -0.15) is 0 Å². The second-order valence-electron chi connectivity index (χ2n) is 4.90. The zero-order chi connectivity index (χ0) is 16.0. The number of hydrogen-bond acceptors (Lipinski definition) is 4. The largest absolute Gasteiger partial charge is 0.481 e. The summed E-state index contributed by atoms with van der Waals surface area (Å²) >= 11 is 0. The number of carboxylic acid groups (broad SMARTS) is 1. The van der Waals surface area contributed by atoms with E-state index >= 15 is 0 Å². The van der Waals surface area contributed by atoms with Gasteiger partial charge in [0.2, 0.25) is 10.0 Å². The fourth-order valence-electron chi connectivity index (χ4n) is 2.06. The predicted octanol–water partition coefficient (Wildman–Crippen LogP) is 1.67. The number of carbonyl (C=O) groups is 1. The molecule has 7 heteroatoms. The zero-order valence-electron chi connectivity index (χ0n) is 12.5. The number of aliphatic carboxylic acids is 1. The van der Waals surface area contributed by atoms with Crippen LogP contribution < -0.4 is 9.62 Å². The third-order valence-corrected chi connectivity index (χ3v) is 4.58. The third kappa shape index (κ3) is 4.71. The van der Waals surface area contributed by atoms with E-state index in [1.165, 1.54) is 6.07 Å². The van der Waals surface area contributed by atoms with Gasteiger partial charge in [0.1, 0.15) is 4.90 Å². The monoisotopic (exact) mass is 314 g/mol. The number of hydrogen-bond donors (Lipinski definition) is 2. The van der Waals surface area contributed by atoms with Crippen LogP contribution in [0, 0.1) is 0 Å². The van der Waals surface area contributed by atoms with Crippen molar-refractivity contribution >= 4 is 21.7 Å². The van der Waals surface area contributed by atoms with Crippen molar-refractivity contribution in [3.8, 4) is 0 Å². The van der Waals surface area contributed by atoms with Gasteiger partial charge >= 0.3 is 5.97 Å². The number of nitrogens with one attached hydrogen (secondary N) is 1. The molecule has 1 rings (SSSR count). The van der Waals surface area contributed by atoms with Crippen LogP contribution in [0.4, 0.5) is 5.69 Å². The van der Waals surface area contributed by atoms with E-state index in [9.17, 15) is 13.2 Å². The Morgan fingerprint density at radius 3 is 2.48 bits per heavy atom. The quantitative estimate of drug-likeness (QED) is 0.762. The highest BCUT2D eigenvalue weighted by Crippen LogP contribution is 2.26. The molecule has 0 aromatic heterocycles. The van der Waals surface area contributed by atoms with Gasteiger partial charge < -0.3 is 10.0 Å². The molecular formula is C14H22N2O4S. The summed E-state index contributed by atoms with van der Waals surface area (Å²) in [6, 6.07) is 6.62. The van der Waals surface area contributed by atoms with Crippen LogP contribution in [0.15, 0.2) is 29.2 Å². The summed E-state index contributed by atoms with van der Waals surface area (Å²) in [6.45, 7) is 6.07. The topological polar surface area (TPSA) is 86.7 Å². The fourth-order valence-corrected chi connectivity index (χ4v) is 3.32. The first-order chi connectivity index (χ1) is 9.79. The zero-order valence-corrected chi connectivity index (χ0v) is 13.4. The summed E-state index contributed by atoms with van der Waals surface area (Å²) in [4.78, 5) is 12.7. The molecule has 0 bridgehead atoms. The minimum atomic E-state index is -3.60. The third-order valence-electron chi connectivity index (χ3n) is 2.99. The minimum Gasteiger partial charge on any atom is -0.481 e. The highest BCUT2D eigenvalue weighted by molar-refractivity contribution is 7.89. The van der Waals surface area contributed by atoms with Crippen molar-refractivity contribution in [2.45, 2.75) is 38.1 Å². The summed E-state index contributed by atoms with van der Waals surface area (Å²) in [5.41, 5.74) is 0.523. The van der Waals surface area contributed by atoms with Crippen LogP contribution >= 0.6 is 0 Å². The Labute approximate surface area is 125 Å². The van der Waals surface area contributed by atoms with Gasteiger partial charge in [0.25, 0.3) is 0 Å². The Bertz CT molecular complexity index is 584. The highest BCUT2D eigenvalue weighted by atomic mass is 32.2. The van der Waals surface area contributed by atoms with Crippen LogP contribution in [0.5, 0.6) is 0 Å². The van der Waals surface area contributed by atoms with Gasteiger partial charge in [-0.1, -0.05) is 19.1 Å². The molecule has 0 amide bonds. The maximum Gasteiger partial charge on any atom is 0.305 e. The first-order valence-electron chi connectivity index (χ1n) is 6.86. The maximum absolute atomic E-state index is 12.3. The number of nitrogens with zero attached hydrogens (tertiary/aromatic N) is 1. The van der Waals surface area contributed by atoms with Gasteiger partial charge in [-0.05, 0) is 26.0 Å². The molecule has 0 radical (unpaired) electrons. The standard InChI is InChI=1S/C14H22N2O4S/c1-4-15-21(19,20)13-8-6-5-7-12(13)16(11(2)3)10-9-14(17)18/h5-8,11,15H,4,9-10H2,1-3H3,(H,17,18). The number of anilines is 1. The summed E-state index contributed by atoms with van der Waals surface area (Å²) in [5.74, 6) is -0.910. The molecule has 118 valence electrons. The van der Waals surface area contributed by atoms with E-state index in [0.717, 1.165) is 0 Å². The van der Waals surface area contributed by atoms with E-state index in [2.05, 4.69) is 4.72 Å². The smallest absolute Gasteiger partial charge is 0.305 e. The fraction of sp³-hybridized carbons (Fsp3) is 0.500. The Hall–Kier alpha value is -1.60. The summed E-state index contributed by atoms with van der Waals surface area (Å²) in [7, 11) is -3.60. The summed E-state index contributed by atoms with van der Waals surface area (Å²) < 4.78 is 27.0. The van der Waals surface area contributed by atoms with Crippen molar-refractivity contribution in [3.05, 3.63) is 24.3 Å². The minimum absolute atomic E-state index is 0.0117. The van der Waals surface area contributed by atoms with Gasteiger partial charge in [0.05, 0.1) is 12.1 Å². The van der Waals surface area contributed by atoms with Gasteiger partial charge in [0.15, 0.2) is 0 Å². The lowest BCUT2D eigenvalue weighted by atomic mass is 10.2. The second kappa shape index (κ2) is 7.42. The average molecular weight is 314 g/mol. The number of carboxylic acids is 1. The molecule has 1 aromatic carbocycles. The number of benzene rings is 1. The van der Waals surface area contributed by atoms with Gasteiger partial charge in [-0.25, -0.2) is 13.1 Å². The molecular weight excluding hydrogens is 292 g/mol. The summed E-state index contributed by atoms with van der Waals surface area (Å²) in [5, 5.41) is 8.85. The molecule has 0 atom stereocenters. The van der Waals surface area contributed by atoms with Gasteiger partial charge in [-0.3, -0.25) is 4.79 Å². The van der Waals surface area contributed by atoms with Crippen molar-refractivity contribution in [1.29, 1.82) is 0 Å². The Kier molecular flexibility index (Phi) is 6.17. The molecule has 0 aliphatic carbocycles. The molecule has 0 aliphatic rings. The van der Waals surface area contributed by atoms with Crippen molar-refractivity contribution in [3.63, 3.8) is 0 Å². The summed E-state index contributed by atoms with van der Waals surface area (Å²) in [6.07, 6.45) is -0.0478. The lowest BCUT2D eigenvalue weighted by Gasteiger charge is -2.30. The SMILES string of the molecule is CCNS(=O)(=O)c1ccccc1N(CCC(=O)O)C(C)C. The lowest BCUT2D eigenvalue weighted by molar-refractivity contribution is -0.136. The van der Waals surface area contributed by atoms with E-state index in [0.29, 0.717) is 12.2 Å². The van der Waals surface area contributed by atoms with E-state index in [1.807, 2.05) is 13.8 Å². The van der Waals surface area contributed by atoms with Gasteiger partial charge in [0, 0.05) is 19.1 Å². The van der Waals surface area contributed by atoms with Crippen LogP contribution in [-0.2, 0) is 14.8 Å². The first-order valence-corrected chi connectivity index (χ1v) is 8.35. The normalized spacial score (nSPS) is 11.6. The average Bonchev–Trinajstić information content (AvgIpc) is 2.38. The van der Waals surface area contributed by atoms with E-state index in [4.69, 9.17) is 5.11 Å². The van der Waals surface area contributed by atoms with E-state index < -0.39 is 16.0 Å². The van der Waals surface area contributed by atoms with Crippen molar-refractivity contribution in [2.75, 3.05) is 18.0 Å². The Morgan fingerprint density at radius 1 is 1.33 bits per heavy atom. The van der Waals surface area contributed by atoms with Crippen LogP contribution in [0.3, 0.4) is 0 Å². The highest BCUT2D eigenvalue weighted by Gasteiger charge is 2.22. The molecule has 21 heavy (non-hydrogen) atoms. The molecule has 0 fully saturated rings. The molecule has 2 N–H and O–H groups in total. The number of sulfonamides is 1. The van der Waals surface area contributed by atoms with Gasteiger partial charge in [-0.15, -0.1) is 0 Å². The second-order valence-corrected chi connectivity index (χ2v) is 6.64. The van der Waals surface area contributed by atoms with E-state index in [1.54, 1.807) is 30.0 Å². The van der Waals surface area contributed by atoms with E-state index in [-0.39, 0.29) is 23.9 Å². The first kappa shape index (κ1) is 17.5. The van der Waals surface area contributed by atoms with Crippen LogP contribution in [0.25, 0.3) is 0 Å².